The third kappa shape index (κ3) is 5.51. The Morgan fingerprint density at radius 3 is 2.42 bits per heavy atom. The summed E-state index contributed by atoms with van der Waals surface area (Å²) in [5, 5.41) is 4.73. The highest BCUT2D eigenvalue weighted by molar-refractivity contribution is 6.30. The second-order valence-electron chi connectivity index (χ2n) is 4.70. The van der Waals surface area contributed by atoms with Gasteiger partial charge in [-0.2, -0.15) is 0 Å². The predicted molar refractivity (Wildman–Crippen MR) is 84.9 cm³/mol. The standard InChI is InChI=1S/C16H13ClF2N2O3/c17-13-7-12(5-6-14(13)19)24-9-16(23)20-8-15(22)21-11-3-1-10(18)2-4-11/h1-7H,8-9H2,(H,20,23)(H,21,22). The topological polar surface area (TPSA) is 67.4 Å². The molecule has 5 nitrogen and oxygen atoms in total. The third-order valence-corrected chi connectivity index (χ3v) is 3.12. The number of ether oxygens (including phenoxy) is 1. The summed E-state index contributed by atoms with van der Waals surface area (Å²) >= 11 is 5.59. The van der Waals surface area contributed by atoms with Gasteiger partial charge in [0.15, 0.2) is 6.61 Å². The lowest BCUT2D eigenvalue weighted by Gasteiger charge is -2.08. The average Bonchev–Trinajstić information content (AvgIpc) is 2.56. The molecule has 2 aromatic rings. The van der Waals surface area contributed by atoms with Crippen LogP contribution in [-0.4, -0.2) is 25.0 Å². The zero-order valence-corrected chi connectivity index (χ0v) is 13.1. The van der Waals surface area contributed by atoms with Crippen molar-refractivity contribution in [2.24, 2.45) is 0 Å². The molecule has 0 unspecified atom stereocenters. The average molecular weight is 355 g/mol. The van der Waals surface area contributed by atoms with Gasteiger partial charge in [0.2, 0.25) is 5.91 Å². The molecule has 0 aliphatic heterocycles. The maximum Gasteiger partial charge on any atom is 0.258 e. The third-order valence-electron chi connectivity index (χ3n) is 2.84. The Bertz CT molecular complexity index is 739. The van der Waals surface area contributed by atoms with Crippen LogP contribution in [0.1, 0.15) is 0 Å². The number of carbonyl (C=O) groups is 2. The number of amides is 2. The van der Waals surface area contributed by atoms with E-state index in [9.17, 15) is 18.4 Å². The van der Waals surface area contributed by atoms with Gasteiger partial charge in [-0.1, -0.05) is 11.6 Å². The molecule has 0 saturated heterocycles. The SMILES string of the molecule is O=C(COc1ccc(F)c(Cl)c1)NCC(=O)Nc1ccc(F)cc1. The molecule has 8 heteroatoms. The van der Waals surface area contributed by atoms with Crippen LogP contribution in [0, 0.1) is 11.6 Å². The molecule has 24 heavy (non-hydrogen) atoms. The normalized spacial score (nSPS) is 10.1. The van der Waals surface area contributed by atoms with E-state index in [1.165, 1.54) is 36.4 Å². The van der Waals surface area contributed by atoms with Crippen LogP contribution < -0.4 is 15.4 Å². The zero-order valence-electron chi connectivity index (χ0n) is 12.3. The van der Waals surface area contributed by atoms with Gasteiger partial charge >= 0.3 is 0 Å². The largest absolute Gasteiger partial charge is 0.484 e. The van der Waals surface area contributed by atoms with E-state index in [4.69, 9.17) is 16.3 Å². The van der Waals surface area contributed by atoms with Crippen molar-refractivity contribution < 1.29 is 23.1 Å². The Kier molecular flexibility index (Phi) is 6.08. The fraction of sp³-hybridized carbons (Fsp3) is 0.125. The number of nitrogens with one attached hydrogen (secondary N) is 2. The number of halogens is 3. The Morgan fingerprint density at radius 1 is 1.04 bits per heavy atom. The van der Waals surface area contributed by atoms with Crippen LogP contribution >= 0.6 is 11.6 Å². The van der Waals surface area contributed by atoms with Crippen molar-refractivity contribution in [2.75, 3.05) is 18.5 Å². The number of rotatable bonds is 6. The molecule has 0 fully saturated rings. The summed E-state index contributed by atoms with van der Waals surface area (Å²) in [6, 6.07) is 8.89. The molecule has 0 aliphatic carbocycles. The molecule has 0 aliphatic rings. The van der Waals surface area contributed by atoms with Gasteiger partial charge < -0.3 is 15.4 Å². The number of hydrogen-bond acceptors (Lipinski definition) is 3. The van der Waals surface area contributed by atoms with Crippen molar-refractivity contribution in [1.29, 1.82) is 0 Å². The number of carbonyl (C=O) groups excluding carboxylic acids is 2. The summed E-state index contributed by atoms with van der Waals surface area (Å²) in [6.07, 6.45) is 0. The minimum atomic E-state index is -0.592. The van der Waals surface area contributed by atoms with E-state index < -0.39 is 23.4 Å². The minimum Gasteiger partial charge on any atom is -0.484 e. The highest BCUT2D eigenvalue weighted by Crippen LogP contribution is 2.20. The first kappa shape index (κ1) is 17.7. The Balaban J connectivity index is 1.73. The van der Waals surface area contributed by atoms with Gasteiger partial charge in [0.05, 0.1) is 11.6 Å². The van der Waals surface area contributed by atoms with Gasteiger partial charge in [0, 0.05) is 11.8 Å². The van der Waals surface area contributed by atoms with Crippen LogP contribution in [-0.2, 0) is 9.59 Å². The monoisotopic (exact) mass is 354 g/mol. The molecule has 0 radical (unpaired) electrons. The van der Waals surface area contributed by atoms with E-state index in [1.54, 1.807) is 0 Å². The van der Waals surface area contributed by atoms with Crippen molar-refractivity contribution in [1.82, 2.24) is 5.32 Å². The molecular weight excluding hydrogens is 342 g/mol. The van der Waals surface area contributed by atoms with Gasteiger partial charge in [-0.05, 0) is 36.4 Å². The maximum atomic E-state index is 13.0. The first-order valence-electron chi connectivity index (χ1n) is 6.84. The molecule has 2 rings (SSSR count). The lowest BCUT2D eigenvalue weighted by molar-refractivity contribution is -0.125. The second kappa shape index (κ2) is 8.26. The van der Waals surface area contributed by atoms with Crippen molar-refractivity contribution >= 4 is 29.1 Å². The lowest BCUT2D eigenvalue weighted by Crippen LogP contribution is -2.35. The van der Waals surface area contributed by atoms with E-state index in [0.29, 0.717) is 5.69 Å². The van der Waals surface area contributed by atoms with Crippen molar-refractivity contribution in [3.63, 3.8) is 0 Å². The molecule has 0 atom stereocenters. The first-order valence-corrected chi connectivity index (χ1v) is 7.22. The fourth-order valence-electron chi connectivity index (χ4n) is 1.68. The molecule has 0 bridgehead atoms. The van der Waals surface area contributed by atoms with Gasteiger partial charge in [-0.15, -0.1) is 0 Å². The van der Waals surface area contributed by atoms with E-state index in [0.717, 1.165) is 6.07 Å². The quantitative estimate of drug-likeness (QED) is 0.838. The maximum absolute atomic E-state index is 13.0. The van der Waals surface area contributed by atoms with Crippen LogP contribution in [0.3, 0.4) is 0 Å². The van der Waals surface area contributed by atoms with Gasteiger partial charge in [-0.25, -0.2) is 8.78 Å². The molecule has 0 aromatic heterocycles. The highest BCUT2D eigenvalue weighted by Gasteiger charge is 2.08. The summed E-state index contributed by atoms with van der Waals surface area (Å²) in [5.74, 6) is -1.79. The van der Waals surface area contributed by atoms with E-state index in [2.05, 4.69) is 10.6 Å². The summed E-state index contributed by atoms with van der Waals surface area (Å²) in [6.45, 7) is -0.629. The Morgan fingerprint density at radius 2 is 1.75 bits per heavy atom. The highest BCUT2D eigenvalue weighted by atomic mass is 35.5. The number of anilines is 1. The van der Waals surface area contributed by atoms with Gasteiger partial charge in [-0.3, -0.25) is 9.59 Å². The van der Waals surface area contributed by atoms with Crippen LogP contribution in [0.4, 0.5) is 14.5 Å². The van der Waals surface area contributed by atoms with Crippen molar-refractivity contribution in [2.45, 2.75) is 0 Å². The smallest absolute Gasteiger partial charge is 0.258 e. The zero-order chi connectivity index (χ0) is 17.5. The molecule has 0 heterocycles. The summed E-state index contributed by atoms with van der Waals surface area (Å²) < 4.78 is 30.8. The van der Waals surface area contributed by atoms with Gasteiger partial charge in [0.25, 0.3) is 5.91 Å². The molecule has 0 saturated carbocycles. The molecule has 126 valence electrons. The molecule has 2 aromatic carbocycles. The van der Waals surface area contributed by atoms with Crippen LogP contribution in [0.15, 0.2) is 42.5 Å². The first-order chi connectivity index (χ1) is 11.4. The summed E-state index contributed by atoms with van der Waals surface area (Å²) in [7, 11) is 0. The molecule has 2 amide bonds. The van der Waals surface area contributed by atoms with Gasteiger partial charge in [0.1, 0.15) is 17.4 Å². The number of benzene rings is 2. The second-order valence-corrected chi connectivity index (χ2v) is 5.10. The molecule has 2 N–H and O–H groups in total. The van der Waals surface area contributed by atoms with E-state index in [1.807, 2.05) is 0 Å². The predicted octanol–water partition coefficient (Wildman–Crippen LogP) is 2.75. The minimum absolute atomic E-state index is 0.119. The van der Waals surface area contributed by atoms with Crippen LogP contribution in [0.2, 0.25) is 5.02 Å². The summed E-state index contributed by atoms with van der Waals surface area (Å²) in [5.41, 5.74) is 0.410. The molecule has 0 spiro atoms. The number of hydrogen-bond donors (Lipinski definition) is 2. The van der Waals surface area contributed by atoms with Crippen LogP contribution in [0.25, 0.3) is 0 Å². The Hall–Kier alpha value is -2.67. The van der Waals surface area contributed by atoms with E-state index in [-0.39, 0.29) is 23.9 Å². The van der Waals surface area contributed by atoms with Crippen molar-refractivity contribution in [3.8, 4) is 5.75 Å². The molecular formula is C16H13ClF2N2O3. The Labute approximate surface area is 141 Å². The lowest BCUT2D eigenvalue weighted by atomic mass is 10.3. The fourth-order valence-corrected chi connectivity index (χ4v) is 1.85. The van der Waals surface area contributed by atoms with Crippen LogP contribution in [0.5, 0.6) is 5.75 Å². The summed E-state index contributed by atoms with van der Waals surface area (Å²) in [4.78, 5) is 23.2. The van der Waals surface area contributed by atoms with Crippen molar-refractivity contribution in [3.05, 3.63) is 59.1 Å². The van der Waals surface area contributed by atoms with E-state index >= 15 is 0 Å².